The predicted octanol–water partition coefficient (Wildman–Crippen LogP) is 1.50. The molecule has 0 unspecified atom stereocenters. The summed E-state index contributed by atoms with van der Waals surface area (Å²) in [6.07, 6.45) is 1.63. The van der Waals surface area contributed by atoms with E-state index in [9.17, 15) is 4.79 Å². The van der Waals surface area contributed by atoms with Gasteiger partial charge in [-0.1, -0.05) is 6.07 Å². The van der Waals surface area contributed by atoms with Crippen molar-refractivity contribution in [3.63, 3.8) is 0 Å². The molecule has 8 nitrogen and oxygen atoms in total. The van der Waals surface area contributed by atoms with Crippen LogP contribution in [0.2, 0.25) is 0 Å². The second-order valence-electron chi connectivity index (χ2n) is 4.33. The molecule has 1 amide bonds. The van der Waals surface area contributed by atoms with E-state index >= 15 is 0 Å². The van der Waals surface area contributed by atoms with Gasteiger partial charge in [0.05, 0.1) is 0 Å². The van der Waals surface area contributed by atoms with Crippen LogP contribution in [0.15, 0.2) is 35.8 Å². The van der Waals surface area contributed by atoms with E-state index in [0.29, 0.717) is 22.3 Å². The largest absolute Gasteiger partial charge is 0.486 e. The van der Waals surface area contributed by atoms with Crippen molar-refractivity contribution in [2.45, 2.75) is 6.61 Å². The van der Waals surface area contributed by atoms with Crippen LogP contribution in [-0.2, 0) is 13.7 Å². The Hall–Kier alpha value is -2.81. The van der Waals surface area contributed by atoms with Crippen molar-refractivity contribution in [1.29, 1.82) is 0 Å². The van der Waals surface area contributed by atoms with Gasteiger partial charge in [-0.3, -0.25) is 10.1 Å². The average Bonchev–Trinajstić information content (AvgIpc) is 3.17. The maximum atomic E-state index is 12.1. The van der Waals surface area contributed by atoms with Gasteiger partial charge in [0.25, 0.3) is 5.91 Å². The number of aromatic nitrogens is 5. The lowest BCUT2D eigenvalue weighted by Crippen LogP contribution is -2.12. The highest BCUT2D eigenvalue weighted by molar-refractivity contribution is 7.13. The molecule has 2 heterocycles. The number of carbonyl (C=O) groups excluding carboxylic acids is 1. The second kappa shape index (κ2) is 6.31. The first-order valence-corrected chi connectivity index (χ1v) is 7.25. The zero-order valence-electron chi connectivity index (χ0n) is 11.6. The van der Waals surface area contributed by atoms with E-state index < -0.39 is 0 Å². The Morgan fingerprint density at radius 1 is 1.45 bits per heavy atom. The smallest absolute Gasteiger partial charge is 0.257 e. The lowest BCUT2D eigenvalue weighted by Gasteiger charge is -2.07. The van der Waals surface area contributed by atoms with E-state index in [1.807, 2.05) is 0 Å². The minimum atomic E-state index is -0.235. The predicted molar refractivity (Wildman–Crippen MR) is 79.6 cm³/mol. The summed E-state index contributed by atoms with van der Waals surface area (Å²) in [7, 11) is 1.73. The molecule has 112 valence electrons. The number of aryl methyl sites for hydroxylation is 1. The number of nitrogens with one attached hydrogen (secondary N) is 1. The van der Waals surface area contributed by atoms with E-state index in [0.717, 1.165) is 0 Å². The second-order valence-corrected chi connectivity index (χ2v) is 5.22. The van der Waals surface area contributed by atoms with Crippen molar-refractivity contribution in [1.82, 2.24) is 25.2 Å². The maximum absolute atomic E-state index is 12.1. The van der Waals surface area contributed by atoms with Crippen molar-refractivity contribution in [3.8, 4) is 5.75 Å². The van der Waals surface area contributed by atoms with Gasteiger partial charge in [0.1, 0.15) is 12.4 Å². The molecule has 1 N–H and O–H groups in total. The van der Waals surface area contributed by atoms with Crippen molar-refractivity contribution >= 4 is 22.4 Å². The molecule has 3 aromatic rings. The number of carbonyl (C=O) groups is 1. The van der Waals surface area contributed by atoms with E-state index in [1.54, 1.807) is 42.9 Å². The van der Waals surface area contributed by atoms with Gasteiger partial charge in [-0.25, -0.2) is 9.67 Å². The number of amides is 1. The highest BCUT2D eigenvalue weighted by Crippen LogP contribution is 2.17. The molecule has 0 fully saturated rings. The molecule has 1 aromatic carbocycles. The van der Waals surface area contributed by atoms with Crippen LogP contribution < -0.4 is 10.1 Å². The minimum Gasteiger partial charge on any atom is -0.486 e. The summed E-state index contributed by atoms with van der Waals surface area (Å²) in [4.78, 5) is 16.1. The van der Waals surface area contributed by atoms with Gasteiger partial charge >= 0.3 is 0 Å². The van der Waals surface area contributed by atoms with Gasteiger partial charge in [0.2, 0.25) is 0 Å². The molecule has 3 rings (SSSR count). The SMILES string of the molecule is Cn1nnnc1COc1cccc(C(=O)Nc2nccs2)c1. The Labute approximate surface area is 129 Å². The maximum Gasteiger partial charge on any atom is 0.257 e. The number of nitrogens with zero attached hydrogens (tertiary/aromatic N) is 5. The molecule has 0 saturated heterocycles. The van der Waals surface area contributed by atoms with E-state index in [2.05, 4.69) is 25.8 Å². The third-order valence-corrected chi connectivity index (χ3v) is 3.51. The molecule has 0 aliphatic rings. The van der Waals surface area contributed by atoms with Crippen LogP contribution in [0.4, 0.5) is 5.13 Å². The number of ether oxygens (including phenoxy) is 1. The van der Waals surface area contributed by atoms with Crippen molar-refractivity contribution in [3.05, 3.63) is 47.2 Å². The normalized spacial score (nSPS) is 10.4. The Morgan fingerprint density at radius 2 is 2.36 bits per heavy atom. The Balaban J connectivity index is 1.67. The van der Waals surface area contributed by atoms with Crippen molar-refractivity contribution in [2.75, 3.05) is 5.32 Å². The van der Waals surface area contributed by atoms with Crippen LogP contribution in [-0.4, -0.2) is 31.1 Å². The van der Waals surface area contributed by atoms with E-state index in [1.165, 1.54) is 16.0 Å². The summed E-state index contributed by atoms with van der Waals surface area (Å²) in [5.41, 5.74) is 0.490. The average molecular weight is 316 g/mol. The molecular weight excluding hydrogens is 304 g/mol. The summed E-state index contributed by atoms with van der Waals surface area (Å²) < 4.78 is 7.13. The van der Waals surface area contributed by atoms with E-state index in [4.69, 9.17) is 4.74 Å². The lowest BCUT2D eigenvalue weighted by atomic mass is 10.2. The van der Waals surface area contributed by atoms with Crippen LogP contribution in [0.5, 0.6) is 5.75 Å². The van der Waals surface area contributed by atoms with Crippen molar-refractivity contribution < 1.29 is 9.53 Å². The monoisotopic (exact) mass is 316 g/mol. The van der Waals surface area contributed by atoms with Gasteiger partial charge in [-0.05, 0) is 28.6 Å². The summed E-state index contributed by atoms with van der Waals surface area (Å²) in [5.74, 6) is 0.924. The first kappa shape index (κ1) is 14.1. The third-order valence-electron chi connectivity index (χ3n) is 2.82. The van der Waals surface area contributed by atoms with Crippen LogP contribution in [0.3, 0.4) is 0 Å². The molecule has 0 spiro atoms. The van der Waals surface area contributed by atoms with Crippen LogP contribution in [0, 0.1) is 0 Å². The fraction of sp³-hybridized carbons (Fsp3) is 0.154. The van der Waals surface area contributed by atoms with Gasteiger partial charge in [-0.15, -0.1) is 16.4 Å². The lowest BCUT2D eigenvalue weighted by molar-refractivity contribution is 0.102. The fourth-order valence-electron chi connectivity index (χ4n) is 1.70. The molecule has 22 heavy (non-hydrogen) atoms. The molecule has 9 heteroatoms. The zero-order valence-corrected chi connectivity index (χ0v) is 12.4. The molecule has 0 saturated carbocycles. The highest BCUT2D eigenvalue weighted by atomic mass is 32.1. The van der Waals surface area contributed by atoms with Crippen LogP contribution >= 0.6 is 11.3 Å². The first-order valence-electron chi connectivity index (χ1n) is 6.37. The Bertz CT molecular complexity index is 770. The number of rotatable bonds is 5. The number of benzene rings is 1. The summed E-state index contributed by atoms with van der Waals surface area (Å²) in [6.45, 7) is 0.223. The highest BCUT2D eigenvalue weighted by Gasteiger charge is 2.09. The van der Waals surface area contributed by atoms with Gasteiger partial charge in [0.15, 0.2) is 11.0 Å². The summed E-state index contributed by atoms with van der Waals surface area (Å²) in [5, 5.41) is 16.2. The number of anilines is 1. The minimum absolute atomic E-state index is 0.223. The third kappa shape index (κ3) is 3.26. The summed E-state index contributed by atoms with van der Waals surface area (Å²) in [6, 6.07) is 6.89. The molecule has 0 radical (unpaired) electrons. The number of hydrogen-bond donors (Lipinski definition) is 1. The fourth-order valence-corrected chi connectivity index (χ4v) is 2.22. The first-order chi connectivity index (χ1) is 10.7. The standard InChI is InChI=1S/C13H12N6O2S/c1-19-11(16-17-18-19)8-21-10-4-2-3-9(7-10)12(20)15-13-14-5-6-22-13/h2-7H,8H2,1H3,(H,14,15,20). The zero-order chi connectivity index (χ0) is 15.4. The molecule has 2 aromatic heterocycles. The Morgan fingerprint density at radius 3 is 3.09 bits per heavy atom. The van der Waals surface area contributed by atoms with Crippen LogP contribution in [0.1, 0.15) is 16.2 Å². The topological polar surface area (TPSA) is 94.8 Å². The molecule has 0 bridgehead atoms. The molecule has 0 atom stereocenters. The number of tetrazole rings is 1. The Kier molecular flexibility index (Phi) is 4.05. The van der Waals surface area contributed by atoms with Crippen LogP contribution in [0.25, 0.3) is 0 Å². The molecular formula is C13H12N6O2S. The van der Waals surface area contributed by atoms with Gasteiger partial charge in [-0.2, -0.15) is 0 Å². The molecule has 0 aliphatic carbocycles. The van der Waals surface area contributed by atoms with Gasteiger partial charge < -0.3 is 4.74 Å². The van der Waals surface area contributed by atoms with E-state index in [-0.39, 0.29) is 12.5 Å². The van der Waals surface area contributed by atoms with Gasteiger partial charge in [0, 0.05) is 24.2 Å². The number of hydrogen-bond acceptors (Lipinski definition) is 7. The quantitative estimate of drug-likeness (QED) is 0.766. The summed E-state index contributed by atoms with van der Waals surface area (Å²) >= 11 is 1.36. The number of thiazole rings is 1. The van der Waals surface area contributed by atoms with Crippen molar-refractivity contribution in [2.24, 2.45) is 7.05 Å². The molecule has 0 aliphatic heterocycles.